The van der Waals surface area contributed by atoms with Crippen LogP contribution in [0.4, 0.5) is 0 Å². The molecule has 138 valence electrons. The normalized spacial score (nSPS) is 33.1. The Kier molecular flexibility index (Phi) is 4.95. The monoisotopic (exact) mass is 350 g/mol. The number of hydrogen-bond acceptors (Lipinski definition) is 5. The molecule has 5 atom stereocenters. The lowest BCUT2D eigenvalue weighted by atomic mass is 9.70. The Morgan fingerprint density at radius 1 is 0.920 bits per heavy atom. The first-order valence-corrected chi connectivity index (χ1v) is 9.26. The number of imide groups is 2. The van der Waals surface area contributed by atoms with Gasteiger partial charge >= 0.3 is 0 Å². The molecule has 0 bridgehead atoms. The molecule has 0 aromatic heterocycles. The number of hydroxylamine groups is 2. The van der Waals surface area contributed by atoms with Crippen LogP contribution in [0.25, 0.3) is 0 Å². The van der Waals surface area contributed by atoms with Crippen molar-refractivity contribution in [3.05, 3.63) is 0 Å². The molecule has 4 amide bonds. The first-order chi connectivity index (χ1) is 11.9. The fourth-order valence-corrected chi connectivity index (χ4v) is 4.33. The number of unbranched alkanes of at least 4 members (excludes halogenated alkanes) is 1. The molecule has 5 unspecified atom stereocenters. The van der Waals surface area contributed by atoms with Crippen LogP contribution >= 0.6 is 0 Å². The summed E-state index contributed by atoms with van der Waals surface area (Å²) in [4.78, 5) is 56.7. The molecule has 0 N–H and O–H groups in total. The quantitative estimate of drug-likeness (QED) is 0.678. The van der Waals surface area contributed by atoms with Crippen molar-refractivity contribution < 1.29 is 24.0 Å². The first-order valence-electron chi connectivity index (χ1n) is 9.26. The maximum absolute atomic E-state index is 12.7. The van der Waals surface area contributed by atoms with Gasteiger partial charge in [-0.25, -0.2) is 0 Å². The zero-order valence-corrected chi connectivity index (χ0v) is 15.1. The third-order valence-electron chi connectivity index (χ3n) is 5.91. The van der Waals surface area contributed by atoms with Crippen molar-refractivity contribution >= 4 is 23.6 Å². The van der Waals surface area contributed by atoms with E-state index in [1.165, 1.54) is 7.05 Å². The lowest BCUT2D eigenvalue weighted by molar-refractivity contribution is -0.205. The van der Waals surface area contributed by atoms with Crippen molar-refractivity contribution in [2.24, 2.45) is 23.7 Å². The second-order valence-electron chi connectivity index (χ2n) is 7.38. The number of carbonyl (C=O) groups excluding carboxylic acids is 4. The molecule has 2 saturated heterocycles. The molecular formula is C18H26N2O5. The van der Waals surface area contributed by atoms with Crippen LogP contribution in [0.5, 0.6) is 0 Å². The van der Waals surface area contributed by atoms with E-state index in [-0.39, 0.29) is 42.6 Å². The number of carbonyl (C=O) groups is 4. The van der Waals surface area contributed by atoms with Gasteiger partial charge in [0.15, 0.2) is 0 Å². The van der Waals surface area contributed by atoms with Gasteiger partial charge in [0.2, 0.25) is 11.8 Å². The van der Waals surface area contributed by atoms with Gasteiger partial charge in [-0.2, -0.15) is 5.06 Å². The second-order valence-corrected chi connectivity index (χ2v) is 7.38. The summed E-state index contributed by atoms with van der Waals surface area (Å²) >= 11 is 0. The Bertz CT molecular complexity index is 562. The van der Waals surface area contributed by atoms with Crippen LogP contribution in [0.1, 0.15) is 52.4 Å². The highest BCUT2D eigenvalue weighted by Gasteiger charge is 2.59. The predicted molar refractivity (Wildman–Crippen MR) is 87.5 cm³/mol. The number of fused-ring (bicyclic) bond motifs is 2. The number of amides is 4. The summed E-state index contributed by atoms with van der Waals surface area (Å²) in [5, 5.41) is 0.929. The molecular weight excluding hydrogens is 324 g/mol. The van der Waals surface area contributed by atoms with Crippen molar-refractivity contribution in [1.82, 2.24) is 9.96 Å². The van der Waals surface area contributed by atoms with Gasteiger partial charge in [0, 0.05) is 7.05 Å². The predicted octanol–water partition coefficient (Wildman–Crippen LogP) is 1.51. The summed E-state index contributed by atoms with van der Waals surface area (Å²) in [6, 6.07) is 0. The van der Waals surface area contributed by atoms with Gasteiger partial charge in [0.1, 0.15) is 0 Å². The van der Waals surface area contributed by atoms with Gasteiger partial charge in [-0.3, -0.25) is 28.9 Å². The standard InChI is InChI=1S/C18H26N2O5/c1-4-6-7-10(5-2)25-20-17(23)13-8-11-12(9-14(13)18(20)24)16(22)19(3)15(11)21/h10-14H,4-9H2,1-3H3. The summed E-state index contributed by atoms with van der Waals surface area (Å²) < 4.78 is 0. The van der Waals surface area contributed by atoms with E-state index in [0.29, 0.717) is 0 Å². The molecule has 3 rings (SSSR count). The lowest BCUT2D eigenvalue weighted by Crippen LogP contribution is -2.35. The Morgan fingerprint density at radius 2 is 1.40 bits per heavy atom. The highest BCUT2D eigenvalue weighted by molar-refractivity contribution is 6.08. The number of hydrogen-bond donors (Lipinski definition) is 0. The van der Waals surface area contributed by atoms with Crippen molar-refractivity contribution in [3.63, 3.8) is 0 Å². The van der Waals surface area contributed by atoms with E-state index in [1.54, 1.807) is 0 Å². The molecule has 3 fully saturated rings. The molecule has 3 aliphatic rings. The van der Waals surface area contributed by atoms with Crippen molar-refractivity contribution in [3.8, 4) is 0 Å². The molecule has 0 spiro atoms. The summed E-state index contributed by atoms with van der Waals surface area (Å²) in [6.45, 7) is 4.05. The molecule has 1 aliphatic carbocycles. The third kappa shape index (κ3) is 2.88. The van der Waals surface area contributed by atoms with Gasteiger partial charge in [0.05, 0.1) is 29.8 Å². The molecule has 2 heterocycles. The highest BCUT2D eigenvalue weighted by atomic mass is 16.7. The van der Waals surface area contributed by atoms with Gasteiger partial charge in [0.25, 0.3) is 11.8 Å². The van der Waals surface area contributed by atoms with Crippen molar-refractivity contribution in [2.75, 3.05) is 7.05 Å². The fourth-order valence-electron chi connectivity index (χ4n) is 4.33. The zero-order valence-electron chi connectivity index (χ0n) is 15.1. The number of likely N-dealkylation sites (tertiary alicyclic amines) is 1. The molecule has 0 radical (unpaired) electrons. The van der Waals surface area contributed by atoms with E-state index in [2.05, 4.69) is 6.92 Å². The molecule has 25 heavy (non-hydrogen) atoms. The van der Waals surface area contributed by atoms with E-state index in [4.69, 9.17) is 4.84 Å². The SMILES string of the molecule is CCCCC(CC)ON1C(=O)C2CC3C(=O)N(C)C(=O)C3CC2C1=O. The molecule has 0 aromatic rings. The zero-order chi connectivity index (χ0) is 18.3. The van der Waals surface area contributed by atoms with Crippen LogP contribution in [-0.4, -0.2) is 46.7 Å². The van der Waals surface area contributed by atoms with E-state index >= 15 is 0 Å². The average Bonchev–Trinajstić information content (AvgIpc) is 2.97. The minimum atomic E-state index is -0.541. The summed E-state index contributed by atoms with van der Waals surface area (Å²) in [5.41, 5.74) is 0. The van der Waals surface area contributed by atoms with Gasteiger partial charge < -0.3 is 0 Å². The summed E-state index contributed by atoms with van der Waals surface area (Å²) in [5.74, 6) is -3.20. The maximum atomic E-state index is 12.7. The molecule has 7 heteroatoms. The largest absolute Gasteiger partial charge is 0.285 e. The van der Waals surface area contributed by atoms with Gasteiger partial charge in [-0.05, 0) is 25.7 Å². The van der Waals surface area contributed by atoms with Crippen LogP contribution in [0.15, 0.2) is 0 Å². The molecule has 7 nitrogen and oxygen atoms in total. The van der Waals surface area contributed by atoms with Gasteiger partial charge in [-0.15, -0.1) is 0 Å². The van der Waals surface area contributed by atoms with Crippen LogP contribution < -0.4 is 0 Å². The van der Waals surface area contributed by atoms with Crippen molar-refractivity contribution in [2.45, 2.75) is 58.5 Å². The molecule has 2 aliphatic heterocycles. The fraction of sp³-hybridized carbons (Fsp3) is 0.778. The Balaban J connectivity index is 1.74. The summed E-state index contributed by atoms with van der Waals surface area (Å²) in [6.07, 6.45) is 3.88. The van der Waals surface area contributed by atoms with Gasteiger partial charge in [-0.1, -0.05) is 26.7 Å². The Hall–Kier alpha value is -1.76. The van der Waals surface area contributed by atoms with E-state index in [0.717, 1.165) is 35.6 Å². The maximum Gasteiger partial charge on any atom is 0.257 e. The minimum Gasteiger partial charge on any atom is -0.285 e. The van der Waals surface area contributed by atoms with Crippen molar-refractivity contribution in [1.29, 1.82) is 0 Å². The van der Waals surface area contributed by atoms with E-state index in [9.17, 15) is 19.2 Å². The van der Waals surface area contributed by atoms with E-state index < -0.39 is 23.7 Å². The molecule has 1 saturated carbocycles. The Morgan fingerprint density at radius 3 is 1.84 bits per heavy atom. The number of nitrogens with zero attached hydrogens (tertiary/aromatic N) is 2. The first kappa shape index (κ1) is 18.0. The van der Waals surface area contributed by atoms with Crippen LogP contribution in [0.3, 0.4) is 0 Å². The second kappa shape index (κ2) is 6.86. The Labute approximate surface area is 147 Å². The topological polar surface area (TPSA) is 84.0 Å². The van der Waals surface area contributed by atoms with Crippen LogP contribution in [-0.2, 0) is 24.0 Å². The summed E-state index contributed by atoms with van der Waals surface area (Å²) in [7, 11) is 1.47. The third-order valence-corrected chi connectivity index (χ3v) is 5.91. The lowest BCUT2D eigenvalue weighted by Gasteiger charge is -2.28. The number of rotatable bonds is 6. The van der Waals surface area contributed by atoms with E-state index in [1.807, 2.05) is 6.92 Å². The van der Waals surface area contributed by atoms with Crippen LogP contribution in [0, 0.1) is 23.7 Å². The molecule has 0 aromatic carbocycles. The smallest absolute Gasteiger partial charge is 0.257 e. The van der Waals surface area contributed by atoms with Crippen LogP contribution in [0.2, 0.25) is 0 Å². The minimum absolute atomic E-state index is 0.165. The highest BCUT2D eigenvalue weighted by Crippen LogP contribution is 2.47. The average molecular weight is 350 g/mol.